The van der Waals surface area contributed by atoms with Crippen LogP contribution in [0.3, 0.4) is 0 Å². The molecular weight excluding hydrogens is 354 g/mol. The third-order valence-corrected chi connectivity index (χ3v) is 6.39. The van der Waals surface area contributed by atoms with Crippen LogP contribution in [0.1, 0.15) is 55.5 Å². The van der Waals surface area contributed by atoms with Crippen LogP contribution in [0.15, 0.2) is 60.9 Å². The van der Waals surface area contributed by atoms with Crippen LogP contribution in [0, 0.1) is 6.92 Å². The molecule has 3 heteroatoms. The number of aryl methyl sites for hydroxylation is 2. The summed E-state index contributed by atoms with van der Waals surface area (Å²) >= 11 is 0. The van der Waals surface area contributed by atoms with E-state index in [4.69, 9.17) is 5.10 Å². The Morgan fingerprint density at radius 2 is 1.79 bits per heavy atom. The van der Waals surface area contributed by atoms with Gasteiger partial charge in [-0.25, -0.2) is 0 Å². The fourth-order valence-corrected chi connectivity index (χ4v) is 4.87. The molecule has 0 unspecified atom stereocenters. The van der Waals surface area contributed by atoms with Gasteiger partial charge in [-0.15, -0.1) is 0 Å². The van der Waals surface area contributed by atoms with E-state index < -0.39 is 0 Å². The smallest absolute Gasteiger partial charge is 0.0700 e. The zero-order valence-corrected chi connectivity index (χ0v) is 17.4. The zero-order valence-electron chi connectivity index (χ0n) is 17.4. The second kappa shape index (κ2) is 7.55. The first kappa shape index (κ1) is 18.2. The molecule has 4 aromatic rings. The van der Waals surface area contributed by atoms with Crippen LogP contribution in [0.5, 0.6) is 0 Å². The summed E-state index contributed by atoms with van der Waals surface area (Å²) in [5, 5.41) is 6.34. The Balaban J connectivity index is 1.54. The van der Waals surface area contributed by atoms with E-state index in [1.807, 2.05) is 0 Å². The van der Waals surface area contributed by atoms with Gasteiger partial charge < -0.3 is 4.57 Å². The molecular formula is C26H29N3. The Kier molecular flexibility index (Phi) is 4.75. The fraction of sp³-hybridized carbons (Fsp3) is 0.346. The maximum Gasteiger partial charge on any atom is 0.0700 e. The van der Waals surface area contributed by atoms with Gasteiger partial charge in [-0.3, -0.25) is 4.68 Å². The van der Waals surface area contributed by atoms with Crippen LogP contribution in [-0.2, 0) is 13.0 Å². The minimum atomic E-state index is 0.567. The molecule has 0 N–H and O–H groups in total. The summed E-state index contributed by atoms with van der Waals surface area (Å²) in [6.45, 7) is 5.33. The van der Waals surface area contributed by atoms with Gasteiger partial charge in [0, 0.05) is 29.9 Å². The van der Waals surface area contributed by atoms with Crippen LogP contribution in [0.2, 0.25) is 0 Å². The summed E-state index contributed by atoms with van der Waals surface area (Å²) in [5.74, 6) is 0. The van der Waals surface area contributed by atoms with E-state index in [2.05, 4.69) is 84.0 Å². The number of benzene rings is 2. The molecule has 0 atom stereocenters. The molecule has 0 saturated heterocycles. The lowest BCUT2D eigenvalue weighted by molar-refractivity contribution is 0.478. The second-order valence-electron chi connectivity index (χ2n) is 8.43. The van der Waals surface area contributed by atoms with Crippen molar-refractivity contribution in [3.05, 3.63) is 77.7 Å². The van der Waals surface area contributed by atoms with Crippen molar-refractivity contribution >= 4 is 10.9 Å². The molecule has 29 heavy (non-hydrogen) atoms. The number of hydrogen-bond acceptors (Lipinski definition) is 1. The van der Waals surface area contributed by atoms with Crippen molar-refractivity contribution in [2.75, 3.05) is 0 Å². The molecule has 0 bridgehead atoms. The van der Waals surface area contributed by atoms with E-state index in [1.165, 1.54) is 64.5 Å². The number of aromatic nitrogens is 3. The molecule has 0 amide bonds. The summed E-state index contributed by atoms with van der Waals surface area (Å²) in [6.07, 6.45) is 10.7. The lowest BCUT2D eigenvalue weighted by Gasteiger charge is -2.12. The molecule has 5 rings (SSSR count). The largest absolute Gasteiger partial charge is 0.349 e. The normalized spacial score (nSPS) is 14.8. The van der Waals surface area contributed by atoms with Gasteiger partial charge in [-0.1, -0.05) is 62.2 Å². The van der Waals surface area contributed by atoms with Crippen LogP contribution < -0.4 is 0 Å². The second-order valence-corrected chi connectivity index (χ2v) is 8.43. The molecule has 148 valence electrons. The van der Waals surface area contributed by atoms with Gasteiger partial charge >= 0.3 is 0 Å². The molecule has 3 nitrogen and oxygen atoms in total. The zero-order chi connectivity index (χ0) is 19.8. The van der Waals surface area contributed by atoms with Gasteiger partial charge in [0.25, 0.3) is 0 Å². The number of fused-ring (bicyclic) bond motifs is 1. The van der Waals surface area contributed by atoms with E-state index in [0.717, 1.165) is 13.0 Å². The van der Waals surface area contributed by atoms with Gasteiger partial charge in [0.05, 0.1) is 17.3 Å². The molecule has 2 heterocycles. The molecule has 1 fully saturated rings. The van der Waals surface area contributed by atoms with E-state index in [0.29, 0.717) is 6.04 Å². The van der Waals surface area contributed by atoms with Gasteiger partial charge in [-0.05, 0) is 48.9 Å². The van der Waals surface area contributed by atoms with Crippen LogP contribution in [0.25, 0.3) is 22.0 Å². The average molecular weight is 384 g/mol. The summed E-state index contributed by atoms with van der Waals surface area (Å²) in [4.78, 5) is 0. The topological polar surface area (TPSA) is 22.8 Å². The summed E-state index contributed by atoms with van der Waals surface area (Å²) < 4.78 is 4.64. The Morgan fingerprint density at radius 1 is 1.00 bits per heavy atom. The first-order valence-electron chi connectivity index (χ1n) is 10.9. The molecule has 0 aliphatic heterocycles. The predicted octanol–water partition coefficient (Wildman–Crippen LogP) is 6.54. The summed E-state index contributed by atoms with van der Waals surface area (Å²) in [5.41, 5.74) is 7.81. The van der Waals surface area contributed by atoms with Crippen molar-refractivity contribution in [3.8, 4) is 11.1 Å². The third kappa shape index (κ3) is 3.39. The highest BCUT2D eigenvalue weighted by molar-refractivity contribution is 5.87. The van der Waals surface area contributed by atoms with Crippen molar-refractivity contribution in [1.82, 2.24) is 14.3 Å². The maximum atomic E-state index is 5.02. The fourth-order valence-electron chi connectivity index (χ4n) is 4.87. The van der Waals surface area contributed by atoms with Crippen LogP contribution in [0.4, 0.5) is 0 Å². The molecule has 1 aliphatic rings. The Labute approximate surface area is 173 Å². The Hall–Kier alpha value is -2.81. The highest BCUT2D eigenvalue weighted by Gasteiger charge is 2.21. The third-order valence-electron chi connectivity index (χ3n) is 6.39. The van der Waals surface area contributed by atoms with Gasteiger partial charge in [0.1, 0.15) is 0 Å². The number of rotatable bonds is 5. The molecule has 1 aliphatic carbocycles. The lowest BCUT2D eigenvalue weighted by atomic mass is 10.0. The molecule has 2 aromatic heterocycles. The van der Waals surface area contributed by atoms with Crippen LogP contribution >= 0.6 is 0 Å². The maximum absolute atomic E-state index is 5.02. The van der Waals surface area contributed by atoms with E-state index in [9.17, 15) is 0 Å². The first-order chi connectivity index (χ1) is 14.2. The molecule has 0 spiro atoms. The molecule has 1 saturated carbocycles. The van der Waals surface area contributed by atoms with Crippen LogP contribution in [-0.4, -0.2) is 14.3 Å². The minimum absolute atomic E-state index is 0.567. The average Bonchev–Trinajstić information content (AvgIpc) is 3.47. The van der Waals surface area contributed by atoms with Gasteiger partial charge in [0.2, 0.25) is 0 Å². The van der Waals surface area contributed by atoms with Gasteiger partial charge in [-0.2, -0.15) is 5.10 Å². The van der Waals surface area contributed by atoms with Crippen molar-refractivity contribution in [3.63, 3.8) is 0 Å². The monoisotopic (exact) mass is 383 g/mol. The van der Waals surface area contributed by atoms with E-state index in [1.54, 1.807) is 0 Å². The number of hydrogen-bond donors (Lipinski definition) is 0. The van der Waals surface area contributed by atoms with Crippen molar-refractivity contribution in [1.29, 1.82) is 0 Å². The minimum Gasteiger partial charge on any atom is -0.349 e. The highest BCUT2D eigenvalue weighted by atomic mass is 15.3. The quantitative estimate of drug-likeness (QED) is 0.384. The van der Waals surface area contributed by atoms with Gasteiger partial charge in [0.15, 0.2) is 0 Å². The highest BCUT2D eigenvalue weighted by Crippen LogP contribution is 2.35. The molecule has 2 aromatic carbocycles. The van der Waals surface area contributed by atoms with Crippen molar-refractivity contribution < 1.29 is 0 Å². The first-order valence-corrected chi connectivity index (χ1v) is 10.9. The SMILES string of the molecule is CCc1nn(C2CCCC2)c2cc(-c3cn(Cc4ccccc4)cc3C)ccc12. The summed E-state index contributed by atoms with van der Waals surface area (Å²) in [6, 6.07) is 18.2. The Bertz CT molecular complexity index is 1130. The lowest BCUT2D eigenvalue weighted by Crippen LogP contribution is -2.06. The standard InChI is InChI=1S/C26H29N3/c1-3-25-23-14-13-21(15-26(23)29(27-25)22-11-7-8-12-22)24-18-28(16-19(24)2)17-20-9-5-4-6-10-20/h4-6,9-10,13-16,18,22H,3,7-8,11-12,17H2,1-2H3. The predicted molar refractivity (Wildman–Crippen MR) is 120 cm³/mol. The van der Waals surface area contributed by atoms with E-state index >= 15 is 0 Å². The van der Waals surface area contributed by atoms with E-state index in [-0.39, 0.29) is 0 Å². The van der Waals surface area contributed by atoms with Crippen molar-refractivity contribution in [2.24, 2.45) is 0 Å². The Morgan fingerprint density at radius 3 is 2.55 bits per heavy atom. The number of nitrogens with zero attached hydrogens (tertiary/aromatic N) is 3. The summed E-state index contributed by atoms with van der Waals surface area (Å²) in [7, 11) is 0. The van der Waals surface area contributed by atoms with Crippen molar-refractivity contribution in [2.45, 2.75) is 58.5 Å². The molecule has 0 radical (unpaired) electrons.